The second kappa shape index (κ2) is 8.92. The van der Waals surface area contributed by atoms with Crippen molar-refractivity contribution in [1.29, 1.82) is 0 Å². The van der Waals surface area contributed by atoms with Crippen LogP contribution in [0.3, 0.4) is 0 Å². The zero-order valence-electron chi connectivity index (χ0n) is 18.0. The van der Waals surface area contributed by atoms with Crippen LogP contribution in [0.25, 0.3) is 10.2 Å². The summed E-state index contributed by atoms with van der Waals surface area (Å²) in [6.07, 6.45) is 0.376. The summed E-state index contributed by atoms with van der Waals surface area (Å²) in [5.41, 5.74) is 0.683. The summed E-state index contributed by atoms with van der Waals surface area (Å²) in [5.74, 6) is -2.10. The molecule has 8 nitrogen and oxygen atoms in total. The maximum atomic E-state index is 13.5. The van der Waals surface area contributed by atoms with Crippen LogP contribution < -0.4 is 5.56 Å². The van der Waals surface area contributed by atoms with Crippen LogP contribution in [0.1, 0.15) is 22.7 Å². The van der Waals surface area contributed by atoms with E-state index in [1.54, 1.807) is 4.90 Å². The van der Waals surface area contributed by atoms with Gasteiger partial charge in [-0.3, -0.25) is 9.59 Å². The van der Waals surface area contributed by atoms with Gasteiger partial charge in [0.25, 0.3) is 5.56 Å². The number of carbonyl (C=O) groups excluding carboxylic acids is 1. The minimum Gasteiger partial charge on any atom is -0.340 e. The summed E-state index contributed by atoms with van der Waals surface area (Å²) in [7, 11) is -3.99. The van der Waals surface area contributed by atoms with Gasteiger partial charge in [-0.15, -0.1) is 11.3 Å². The van der Waals surface area contributed by atoms with E-state index in [0.717, 1.165) is 26.9 Å². The molecule has 1 aliphatic heterocycles. The minimum absolute atomic E-state index is 0.0435. The van der Waals surface area contributed by atoms with Crippen molar-refractivity contribution in [3.05, 3.63) is 56.5 Å². The van der Waals surface area contributed by atoms with Gasteiger partial charge in [0.15, 0.2) is 11.6 Å². The van der Waals surface area contributed by atoms with Gasteiger partial charge in [-0.1, -0.05) is 0 Å². The van der Waals surface area contributed by atoms with Crippen molar-refractivity contribution >= 4 is 37.5 Å². The smallest absolute Gasteiger partial charge is 0.259 e. The molecule has 3 heterocycles. The number of aromatic amines is 1. The van der Waals surface area contributed by atoms with Crippen LogP contribution in [0.2, 0.25) is 0 Å². The highest BCUT2D eigenvalue weighted by Crippen LogP contribution is 2.26. The molecule has 1 N–H and O–H groups in total. The first-order chi connectivity index (χ1) is 15.6. The average molecular weight is 497 g/mol. The highest BCUT2D eigenvalue weighted by molar-refractivity contribution is 7.89. The van der Waals surface area contributed by atoms with Gasteiger partial charge in [0.2, 0.25) is 15.9 Å². The molecule has 0 radical (unpaired) electrons. The first kappa shape index (κ1) is 23.5. The van der Waals surface area contributed by atoms with Crippen LogP contribution in [0.4, 0.5) is 8.78 Å². The first-order valence-corrected chi connectivity index (χ1v) is 12.6. The molecule has 1 amide bonds. The van der Waals surface area contributed by atoms with Crippen molar-refractivity contribution < 1.29 is 22.0 Å². The molecule has 0 bridgehead atoms. The molecule has 0 saturated carbocycles. The number of hydrogen-bond donors (Lipinski definition) is 1. The lowest BCUT2D eigenvalue weighted by atomic mass is 10.2. The fourth-order valence-corrected chi connectivity index (χ4v) is 6.25. The number of hydrogen-bond acceptors (Lipinski definition) is 6. The molecule has 3 aromatic rings. The summed E-state index contributed by atoms with van der Waals surface area (Å²) in [6.45, 7) is 4.24. The number of fused-ring (bicyclic) bond motifs is 1. The summed E-state index contributed by atoms with van der Waals surface area (Å²) in [6, 6.07) is 2.45. The Morgan fingerprint density at radius 1 is 1.15 bits per heavy atom. The Morgan fingerprint density at radius 3 is 2.52 bits per heavy atom. The van der Waals surface area contributed by atoms with Gasteiger partial charge in [0.1, 0.15) is 10.7 Å². The molecule has 4 rings (SSSR count). The Labute approximate surface area is 192 Å². The number of benzene rings is 1. The average Bonchev–Trinajstić information content (AvgIpc) is 3.07. The lowest BCUT2D eigenvalue weighted by Gasteiger charge is -2.34. The number of rotatable bonds is 5. The Kier molecular flexibility index (Phi) is 6.34. The van der Waals surface area contributed by atoms with Crippen LogP contribution in [0.15, 0.2) is 27.9 Å². The van der Waals surface area contributed by atoms with Gasteiger partial charge in [-0.2, -0.15) is 4.31 Å². The van der Waals surface area contributed by atoms with Crippen LogP contribution in [0, 0.1) is 25.5 Å². The molecule has 0 aliphatic carbocycles. The van der Waals surface area contributed by atoms with E-state index in [0.29, 0.717) is 22.1 Å². The van der Waals surface area contributed by atoms with Crippen LogP contribution in [0.5, 0.6) is 0 Å². The number of sulfonamides is 1. The normalized spacial score (nSPS) is 15.3. The van der Waals surface area contributed by atoms with Crippen LogP contribution >= 0.6 is 11.3 Å². The number of H-pyrrole nitrogens is 1. The molecular weight excluding hydrogens is 474 g/mol. The predicted molar refractivity (Wildman–Crippen MR) is 120 cm³/mol. The summed E-state index contributed by atoms with van der Waals surface area (Å²) < 4.78 is 53.1. The number of halogens is 2. The number of carbonyl (C=O) groups is 1. The number of piperazine rings is 1. The third-order valence-electron chi connectivity index (χ3n) is 5.78. The molecule has 0 unspecified atom stereocenters. The van der Waals surface area contributed by atoms with Crippen molar-refractivity contribution in [1.82, 2.24) is 19.2 Å². The third kappa shape index (κ3) is 4.55. The van der Waals surface area contributed by atoms with E-state index in [9.17, 15) is 26.8 Å². The lowest BCUT2D eigenvalue weighted by molar-refractivity contribution is -0.132. The SMILES string of the molecule is Cc1sc2nc(CCC(=O)N3CCN(S(=O)(=O)c4ccc(F)c(F)c4)CC3)[nH]c(=O)c2c1C. The predicted octanol–water partition coefficient (Wildman–Crippen LogP) is 2.35. The Hall–Kier alpha value is -2.70. The van der Waals surface area contributed by atoms with Gasteiger partial charge in [-0.05, 0) is 37.6 Å². The number of nitrogens with one attached hydrogen (secondary N) is 1. The molecule has 1 aromatic carbocycles. The molecule has 33 heavy (non-hydrogen) atoms. The molecule has 1 saturated heterocycles. The second-order valence-electron chi connectivity index (χ2n) is 7.84. The number of aromatic nitrogens is 2. The van der Waals surface area contributed by atoms with Gasteiger partial charge < -0.3 is 9.88 Å². The van der Waals surface area contributed by atoms with E-state index in [1.807, 2.05) is 13.8 Å². The first-order valence-electron chi connectivity index (χ1n) is 10.3. The highest BCUT2D eigenvalue weighted by Gasteiger charge is 2.30. The minimum atomic E-state index is -3.99. The zero-order valence-corrected chi connectivity index (χ0v) is 19.7. The van der Waals surface area contributed by atoms with Crippen molar-refractivity contribution in [3.8, 4) is 0 Å². The summed E-state index contributed by atoms with van der Waals surface area (Å²) in [4.78, 5) is 35.1. The fourth-order valence-electron chi connectivity index (χ4n) is 3.77. The van der Waals surface area contributed by atoms with Gasteiger partial charge in [-0.25, -0.2) is 22.2 Å². The molecular formula is C21H22F2N4O4S2. The van der Waals surface area contributed by atoms with E-state index < -0.39 is 21.7 Å². The summed E-state index contributed by atoms with van der Waals surface area (Å²) >= 11 is 1.44. The van der Waals surface area contributed by atoms with E-state index in [1.165, 1.54) is 11.3 Å². The Morgan fingerprint density at radius 2 is 1.85 bits per heavy atom. The lowest BCUT2D eigenvalue weighted by Crippen LogP contribution is -2.50. The van der Waals surface area contributed by atoms with E-state index >= 15 is 0 Å². The standard InChI is InChI=1S/C21H22F2N4O4S2/c1-12-13(2)32-21-19(12)20(29)24-17(25-21)5-6-18(28)26-7-9-27(10-8-26)33(30,31)14-3-4-15(22)16(23)11-14/h3-4,11H,5-10H2,1-2H3,(H,24,25,29). The van der Waals surface area contributed by atoms with Crippen LogP contribution in [-0.2, 0) is 21.2 Å². The molecule has 0 spiro atoms. The Bertz CT molecular complexity index is 1390. The molecule has 0 atom stereocenters. The van der Waals surface area contributed by atoms with Crippen molar-refractivity contribution in [3.63, 3.8) is 0 Å². The van der Waals surface area contributed by atoms with Gasteiger partial charge >= 0.3 is 0 Å². The molecule has 176 valence electrons. The number of thiophene rings is 1. The number of nitrogens with zero attached hydrogens (tertiary/aromatic N) is 3. The monoisotopic (exact) mass is 496 g/mol. The molecule has 1 aliphatic rings. The van der Waals surface area contributed by atoms with Crippen LogP contribution in [-0.4, -0.2) is 59.7 Å². The number of aryl methyl sites for hydroxylation is 3. The maximum absolute atomic E-state index is 13.5. The molecule has 1 fully saturated rings. The zero-order chi connectivity index (χ0) is 23.9. The van der Waals surface area contributed by atoms with E-state index in [-0.39, 0.29) is 55.4 Å². The topological polar surface area (TPSA) is 103 Å². The largest absolute Gasteiger partial charge is 0.340 e. The van der Waals surface area contributed by atoms with Gasteiger partial charge in [0.05, 0.1) is 10.3 Å². The Balaban J connectivity index is 1.37. The molecule has 2 aromatic heterocycles. The maximum Gasteiger partial charge on any atom is 0.259 e. The quantitative estimate of drug-likeness (QED) is 0.584. The summed E-state index contributed by atoms with van der Waals surface area (Å²) in [5, 5.41) is 0.575. The van der Waals surface area contributed by atoms with Crippen molar-refractivity contribution in [2.45, 2.75) is 31.6 Å². The van der Waals surface area contributed by atoms with E-state index in [2.05, 4.69) is 9.97 Å². The second-order valence-corrected chi connectivity index (χ2v) is 11.0. The van der Waals surface area contributed by atoms with Crippen molar-refractivity contribution in [2.24, 2.45) is 0 Å². The number of amides is 1. The van der Waals surface area contributed by atoms with Gasteiger partial charge in [0, 0.05) is 43.9 Å². The van der Waals surface area contributed by atoms with Crippen molar-refractivity contribution in [2.75, 3.05) is 26.2 Å². The fraction of sp³-hybridized carbons (Fsp3) is 0.381. The highest BCUT2D eigenvalue weighted by atomic mass is 32.2. The third-order valence-corrected chi connectivity index (χ3v) is 8.78. The molecule has 12 heteroatoms. The van der Waals surface area contributed by atoms with E-state index in [4.69, 9.17) is 0 Å².